The summed E-state index contributed by atoms with van der Waals surface area (Å²) in [4.78, 5) is 34.5. The van der Waals surface area contributed by atoms with Gasteiger partial charge in [0.25, 0.3) is 11.8 Å². The van der Waals surface area contributed by atoms with Gasteiger partial charge in [-0.2, -0.15) is 0 Å². The minimum atomic E-state index is -0.812. The van der Waals surface area contributed by atoms with Gasteiger partial charge < -0.3 is 5.11 Å². The fraction of sp³-hybridized carbons (Fsp3) is 0.583. The van der Waals surface area contributed by atoms with Crippen LogP contribution in [0.2, 0.25) is 0 Å². The quantitative estimate of drug-likeness (QED) is 0.706. The lowest BCUT2D eigenvalue weighted by Crippen LogP contribution is -2.38. The topological polar surface area (TPSA) is 74.7 Å². The van der Waals surface area contributed by atoms with E-state index >= 15 is 0 Å². The van der Waals surface area contributed by atoms with E-state index in [1.54, 1.807) is 13.8 Å². The molecule has 0 aromatic carbocycles. The summed E-state index contributed by atoms with van der Waals surface area (Å²) in [5.41, 5.74) is 0. The van der Waals surface area contributed by atoms with Crippen molar-refractivity contribution in [2.24, 2.45) is 5.92 Å². The van der Waals surface area contributed by atoms with Gasteiger partial charge in [-0.3, -0.25) is 19.3 Å². The summed E-state index contributed by atoms with van der Waals surface area (Å²) in [5.74, 6) is -1.76. The predicted molar refractivity (Wildman–Crippen MR) is 61.1 cm³/mol. The molecule has 5 nitrogen and oxygen atoms in total. The van der Waals surface area contributed by atoms with E-state index in [9.17, 15) is 14.4 Å². The number of rotatable bonds is 6. The van der Waals surface area contributed by atoms with Crippen LogP contribution in [0, 0.1) is 5.92 Å². The second kappa shape index (κ2) is 5.61. The van der Waals surface area contributed by atoms with Gasteiger partial charge in [-0.05, 0) is 19.8 Å². The monoisotopic (exact) mass is 239 g/mol. The Hall–Kier alpha value is -1.65. The molecule has 5 heteroatoms. The molecule has 0 aliphatic carbocycles. The van der Waals surface area contributed by atoms with Crippen LogP contribution in [0.1, 0.15) is 33.1 Å². The van der Waals surface area contributed by atoms with E-state index in [1.165, 1.54) is 17.1 Å². The maximum Gasteiger partial charge on any atom is 0.306 e. The number of amides is 2. The maximum atomic E-state index is 11.4. The van der Waals surface area contributed by atoms with Gasteiger partial charge in [0.05, 0.1) is 5.92 Å². The largest absolute Gasteiger partial charge is 0.481 e. The Balaban J connectivity index is 2.35. The van der Waals surface area contributed by atoms with E-state index < -0.39 is 5.97 Å². The Morgan fingerprint density at radius 3 is 2.24 bits per heavy atom. The van der Waals surface area contributed by atoms with Gasteiger partial charge in [0.15, 0.2) is 0 Å². The molecular weight excluding hydrogens is 222 g/mol. The van der Waals surface area contributed by atoms with Gasteiger partial charge in [0, 0.05) is 18.2 Å². The lowest BCUT2D eigenvalue weighted by atomic mass is 10.0. The molecule has 0 spiro atoms. The van der Waals surface area contributed by atoms with Gasteiger partial charge in [-0.1, -0.05) is 13.3 Å². The first kappa shape index (κ1) is 13.4. The van der Waals surface area contributed by atoms with Gasteiger partial charge >= 0.3 is 5.97 Å². The number of carboxylic acids is 1. The average molecular weight is 239 g/mol. The molecule has 2 amide bonds. The number of hydrogen-bond acceptors (Lipinski definition) is 3. The smallest absolute Gasteiger partial charge is 0.306 e. The third-order valence-electron chi connectivity index (χ3n) is 2.96. The second-order valence-corrected chi connectivity index (χ2v) is 4.40. The summed E-state index contributed by atoms with van der Waals surface area (Å²) in [5, 5.41) is 8.71. The van der Waals surface area contributed by atoms with Crippen LogP contribution in [0.15, 0.2) is 12.2 Å². The summed E-state index contributed by atoms with van der Waals surface area (Å²) >= 11 is 0. The highest BCUT2D eigenvalue weighted by atomic mass is 16.4. The highest BCUT2D eigenvalue weighted by molar-refractivity contribution is 6.13. The lowest BCUT2D eigenvalue weighted by molar-refractivity contribution is -0.142. The highest BCUT2D eigenvalue weighted by Crippen LogP contribution is 2.16. The summed E-state index contributed by atoms with van der Waals surface area (Å²) in [6, 6.07) is -0.175. The van der Waals surface area contributed by atoms with E-state index in [4.69, 9.17) is 5.11 Å². The highest BCUT2D eigenvalue weighted by Gasteiger charge is 2.28. The number of imide groups is 1. The van der Waals surface area contributed by atoms with Crippen molar-refractivity contribution < 1.29 is 19.5 Å². The molecule has 0 fully saturated rings. The van der Waals surface area contributed by atoms with Crippen molar-refractivity contribution in [3.63, 3.8) is 0 Å². The minimum absolute atomic E-state index is 0.175. The zero-order valence-electron chi connectivity index (χ0n) is 10.0. The van der Waals surface area contributed by atoms with Crippen molar-refractivity contribution >= 4 is 17.8 Å². The molecule has 2 unspecified atom stereocenters. The number of carbonyl (C=O) groups is 3. The molecule has 1 aliphatic heterocycles. The molecule has 1 N–H and O–H groups in total. The van der Waals surface area contributed by atoms with Gasteiger partial charge in [0.2, 0.25) is 0 Å². The van der Waals surface area contributed by atoms with E-state index in [-0.39, 0.29) is 23.8 Å². The van der Waals surface area contributed by atoms with Gasteiger partial charge in [-0.15, -0.1) is 0 Å². The van der Waals surface area contributed by atoms with Crippen LogP contribution in [0.25, 0.3) is 0 Å². The van der Waals surface area contributed by atoms with Crippen LogP contribution >= 0.6 is 0 Å². The second-order valence-electron chi connectivity index (χ2n) is 4.40. The van der Waals surface area contributed by atoms with Gasteiger partial charge in [-0.25, -0.2) is 0 Å². The number of carbonyl (C=O) groups excluding carboxylic acids is 2. The van der Waals surface area contributed by atoms with Crippen LogP contribution < -0.4 is 0 Å². The van der Waals surface area contributed by atoms with Crippen LogP contribution in [0.4, 0.5) is 0 Å². The maximum absolute atomic E-state index is 11.4. The Labute approximate surface area is 100 Å². The number of nitrogens with zero attached hydrogens (tertiary/aromatic N) is 1. The first-order valence-electron chi connectivity index (χ1n) is 5.71. The molecule has 0 aromatic rings. The zero-order chi connectivity index (χ0) is 13.0. The molecule has 1 rings (SSSR count). The summed E-state index contributed by atoms with van der Waals surface area (Å²) in [6.45, 7) is 3.45. The predicted octanol–water partition coefficient (Wildman–Crippen LogP) is 1.19. The molecule has 0 saturated heterocycles. The van der Waals surface area contributed by atoms with Crippen LogP contribution in [0.3, 0.4) is 0 Å². The summed E-state index contributed by atoms with van der Waals surface area (Å²) in [7, 11) is 0. The average Bonchev–Trinajstić information content (AvgIpc) is 2.58. The Kier molecular flexibility index (Phi) is 4.43. The molecule has 0 bridgehead atoms. The standard InChI is InChI=1S/C12H17NO4/c1-8(12(16)17)4-3-5-9(2)13-10(14)6-7-11(13)15/h6-9H,3-5H2,1-2H3,(H,16,17). The van der Waals surface area contributed by atoms with Crippen LogP contribution in [0.5, 0.6) is 0 Å². The van der Waals surface area contributed by atoms with Crippen molar-refractivity contribution in [3.05, 3.63) is 12.2 Å². The first-order valence-corrected chi connectivity index (χ1v) is 5.71. The van der Waals surface area contributed by atoms with Crippen molar-refractivity contribution in [2.75, 3.05) is 0 Å². The first-order chi connectivity index (χ1) is 7.93. The van der Waals surface area contributed by atoms with E-state index in [1.807, 2.05) is 0 Å². The third kappa shape index (κ3) is 3.41. The fourth-order valence-electron chi connectivity index (χ4n) is 1.82. The fourth-order valence-corrected chi connectivity index (χ4v) is 1.82. The molecule has 0 saturated carbocycles. The Morgan fingerprint density at radius 1 is 1.24 bits per heavy atom. The molecule has 1 aliphatic rings. The molecule has 1 heterocycles. The molecule has 17 heavy (non-hydrogen) atoms. The molecular formula is C12H17NO4. The molecule has 94 valence electrons. The van der Waals surface area contributed by atoms with Crippen molar-refractivity contribution in [1.29, 1.82) is 0 Å². The molecule has 2 atom stereocenters. The summed E-state index contributed by atoms with van der Waals surface area (Å²) in [6.07, 6.45) is 4.41. The zero-order valence-corrected chi connectivity index (χ0v) is 10.0. The van der Waals surface area contributed by atoms with Crippen molar-refractivity contribution in [3.8, 4) is 0 Å². The molecule has 0 aromatic heterocycles. The van der Waals surface area contributed by atoms with Crippen molar-refractivity contribution in [2.45, 2.75) is 39.2 Å². The van der Waals surface area contributed by atoms with E-state index in [0.717, 1.165) is 0 Å². The molecule has 0 radical (unpaired) electrons. The summed E-state index contributed by atoms with van der Waals surface area (Å²) < 4.78 is 0. The van der Waals surface area contributed by atoms with E-state index in [2.05, 4.69) is 0 Å². The SMILES string of the molecule is CC(CCCC(C)N1C(=O)C=CC1=O)C(=O)O. The third-order valence-corrected chi connectivity index (χ3v) is 2.96. The minimum Gasteiger partial charge on any atom is -0.481 e. The van der Waals surface area contributed by atoms with Crippen molar-refractivity contribution in [1.82, 2.24) is 4.90 Å². The Morgan fingerprint density at radius 2 is 1.76 bits per heavy atom. The van der Waals surface area contributed by atoms with E-state index in [0.29, 0.717) is 19.3 Å². The number of aliphatic carboxylic acids is 1. The number of hydrogen-bond donors (Lipinski definition) is 1. The normalized spacial score (nSPS) is 18.6. The Bertz CT molecular complexity index is 344. The van der Waals surface area contributed by atoms with Crippen LogP contribution in [-0.4, -0.2) is 33.8 Å². The van der Waals surface area contributed by atoms with Gasteiger partial charge in [0.1, 0.15) is 0 Å². The number of carboxylic acid groups (broad SMARTS) is 1. The lowest BCUT2D eigenvalue weighted by Gasteiger charge is -2.22. The van der Waals surface area contributed by atoms with Crippen LogP contribution in [-0.2, 0) is 14.4 Å².